The largest absolute Gasteiger partial charge is 0.329 e. The van der Waals surface area contributed by atoms with Gasteiger partial charge in [0.1, 0.15) is 0 Å². The van der Waals surface area contributed by atoms with E-state index in [9.17, 15) is 0 Å². The predicted octanol–water partition coefficient (Wildman–Crippen LogP) is 1.44. The summed E-state index contributed by atoms with van der Waals surface area (Å²) < 4.78 is 0. The Balaban J connectivity index is 2.05. The van der Waals surface area contributed by atoms with Gasteiger partial charge in [-0.05, 0) is 19.4 Å². The molecule has 0 radical (unpaired) electrons. The zero-order chi connectivity index (χ0) is 11.4. The van der Waals surface area contributed by atoms with E-state index in [0.29, 0.717) is 17.7 Å². The zero-order valence-corrected chi connectivity index (χ0v) is 10.0. The SMILES string of the molecule is NC[C@H]1CCCCN1Cc1nccnc1Cl. The number of aromatic nitrogens is 2. The third-order valence-corrected chi connectivity index (χ3v) is 3.41. The molecule has 1 aromatic heterocycles. The molecule has 16 heavy (non-hydrogen) atoms. The highest BCUT2D eigenvalue weighted by atomic mass is 35.5. The van der Waals surface area contributed by atoms with Crippen LogP contribution in [0.15, 0.2) is 12.4 Å². The molecule has 1 aliphatic heterocycles. The van der Waals surface area contributed by atoms with E-state index in [1.165, 1.54) is 19.3 Å². The summed E-state index contributed by atoms with van der Waals surface area (Å²) in [5, 5.41) is 0.504. The van der Waals surface area contributed by atoms with Crippen LogP contribution >= 0.6 is 11.6 Å². The third-order valence-electron chi connectivity index (χ3n) is 3.10. The van der Waals surface area contributed by atoms with Crippen LogP contribution in [-0.4, -0.2) is 34.0 Å². The van der Waals surface area contributed by atoms with Gasteiger partial charge in [0.05, 0.1) is 5.69 Å². The highest BCUT2D eigenvalue weighted by molar-refractivity contribution is 6.29. The van der Waals surface area contributed by atoms with Gasteiger partial charge < -0.3 is 5.73 Å². The van der Waals surface area contributed by atoms with Gasteiger partial charge in [-0.2, -0.15) is 0 Å². The molecule has 88 valence electrons. The number of halogens is 1. The number of nitrogens with two attached hydrogens (primary N) is 1. The molecule has 0 spiro atoms. The van der Waals surface area contributed by atoms with Crippen LogP contribution < -0.4 is 5.73 Å². The molecule has 1 aliphatic rings. The molecule has 2 heterocycles. The second-order valence-electron chi connectivity index (χ2n) is 4.15. The Kier molecular flexibility index (Phi) is 4.09. The van der Waals surface area contributed by atoms with Gasteiger partial charge >= 0.3 is 0 Å². The lowest BCUT2D eigenvalue weighted by atomic mass is 10.0. The Morgan fingerprint density at radius 1 is 1.38 bits per heavy atom. The van der Waals surface area contributed by atoms with Gasteiger partial charge in [-0.25, -0.2) is 4.98 Å². The Labute approximate surface area is 101 Å². The lowest BCUT2D eigenvalue weighted by molar-refractivity contribution is 0.143. The summed E-state index contributed by atoms with van der Waals surface area (Å²) in [6.45, 7) is 2.54. The topological polar surface area (TPSA) is 55.0 Å². The molecule has 0 saturated carbocycles. The van der Waals surface area contributed by atoms with Crippen LogP contribution in [0.2, 0.25) is 5.15 Å². The van der Waals surface area contributed by atoms with Gasteiger partial charge in [0, 0.05) is 31.5 Å². The number of nitrogens with zero attached hydrogens (tertiary/aromatic N) is 3. The second-order valence-corrected chi connectivity index (χ2v) is 4.51. The smallest absolute Gasteiger partial charge is 0.151 e. The average molecular weight is 241 g/mol. The molecule has 0 amide bonds. The summed E-state index contributed by atoms with van der Waals surface area (Å²) in [6, 6.07) is 0.465. The summed E-state index contributed by atoms with van der Waals surface area (Å²) in [5.41, 5.74) is 6.63. The first kappa shape index (κ1) is 11.8. The molecule has 0 unspecified atom stereocenters. The Morgan fingerprint density at radius 3 is 2.94 bits per heavy atom. The average Bonchev–Trinajstić information content (AvgIpc) is 2.33. The maximum atomic E-state index is 6.00. The minimum atomic E-state index is 0.465. The summed E-state index contributed by atoms with van der Waals surface area (Å²) >= 11 is 6.00. The predicted molar refractivity (Wildman–Crippen MR) is 64.1 cm³/mol. The standard InChI is InChI=1S/C11H17ClN4/c12-11-10(14-4-5-15-11)8-16-6-2-1-3-9(16)7-13/h4-5,9H,1-3,6-8,13H2/t9-/m1/s1. The van der Waals surface area contributed by atoms with Crippen LogP contribution in [0.25, 0.3) is 0 Å². The Morgan fingerprint density at radius 2 is 2.19 bits per heavy atom. The van der Waals surface area contributed by atoms with E-state index in [1.54, 1.807) is 12.4 Å². The van der Waals surface area contributed by atoms with Crippen molar-refractivity contribution in [1.29, 1.82) is 0 Å². The van der Waals surface area contributed by atoms with Crippen molar-refractivity contribution >= 4 is 11.6 Å². The van der Waals surface area contributed by atoms with Crippen molar-refractivity contribution in [3.8, 4) is 0 Å². The first-order chi connectivity index (χ1) is 7.81. The summed E-state index contributed by atoms with van der Waals surface area (Å²) in [4.78, 5) is 10.7. The highest BCUT2D eigenvalue weighted by Crippen LogP contribution is 2.20. The molecule has 2 N–H and O–H groups in total. The summed E-state index contributed by atoms with van der Waals surface area (Å²) in [5.74, 6) is 0. The summed E-state index contributed by atoms with van der Waals surface area (Å²) in [7, 11) is 0. The van der Waals surface area contributed by atoms with E-state index in [-0.39, 0.29) is 0 Å². The molecule has 0 aromatic carbocycles. The molecule has 4 nitrogen and oxygen atoms in total. The quantitative estimate of drug-likeness (QED) is 0.869. The molecule has 5 heteroatoms. The van der Waals surface area contributed by atoms with Crippen LogP contribution in [0.3, 0.4) is 0 Å². The van der Waals surface area contributed by atoms with E-state index >= 15 is 0 Å². The molecule has 1 saturated heterocycles. The number of hydrogen-bond acceptors (Lipinski definition) is 4. The lowest BCUT2D eigenvalue weighted by Crippen LogP contribution is -2.43. The monoisotopic (exact) mass is 240 g/mol. The van der Waals surface area contributed by atoms with Gasteiger partial charge in [-0.1, -0.05) is 18.0 Å². The molecule has 1 aromatic rings. The van der Waals surface area contributed by atoms with Crippen LogP contribution in [0.5, 0.6) is 0 Å². The first-order valence-electron chi connectivity index (χ1n) is 5.70. The van der Waals surface area contributed by atoms with E-state index in [1.807, 2.05) is 0 Å². The van der Waals surface area contributed by atoms with Gasteiger partial charge in [0.15, 0.2) is 5.15 Å². The lowest BCUT2D eigenvalue weighted by Gasteiger charge is -2.34. The van der Waals surface area contributed by atoms with Crippen molar-refractivity contribution in [2.75, 3.05) is 13.1 Å². The van der Waals surface area contributed by atoms with E-state index in [0.717, 1.165) is 18.8 Å². The van der Waals surface area contributed by atoms with Crippen LogP contribution in [0, 0.1) is 0 Å². The second kappa shape index (κ2) is 5.57. The van der Waals surface area contributed by atoms with Crippen LogP contribution in [-0.2, 0) is 6.54 Å². The van der Waals surface area contributed by atoms with Gasteiger partial charge in [0.25, 0.3) is 0 Å². The molecule has 1 fully saturated rings. The zero-order valence-electron chi connectivity index (χ0n) is 9.27. The normalized spacial score (nSPS) is 22.2. The van der Waals surface area contributed by atoms with E-state index < -0.39 is 0 Å². The maximum Gasteiger partial charge on any atom is 0.151 e. The minimum absolute atomic E-state index is 0.465. The molecule has 2 rings (SSSR count). The molecule has 0 aliphatic carbocycles. The molecular weight excluding hydrogens is 224 g/mol. The third kappa shape index (κ3) is 2.70. The Bertz CT molecular complexity index is 345. The van der Waals surface area contributed by atoms with Crippen LogP contribution in [0.1, 0.15) is 25.0 Å². The van der Waals surface area contributed by atoms with Crippen molar-refractivity contribution in [1.82, 2.24) is 14.9 Å². The van der Waals surface area contributed by atoms with Crippen molar-refractivity contribution < 1.29 is 0 Å². The fourth-order valence-corrected chi connectivity index (χ4v) is 2.35. The first-order valence-corrected chi connectivity index (χ1v) is 6.08. The fraction of sp³-hybridized carbons (Fsp3) is 0.636. The molecular formula is C11H17ClN4. The number of hydrogen-bond donors (Lipinski definition) is 1. The number of rotatable bonds is 3. The van der Waals surface area contributed by atoms with Crippen molar-refractivity contribution in [2.24, 2.45) is 5.73 Å². The number of likely N-dealkylation sites (tertiary alicyclic amines) is 1. The fourth-order valence-electron chi connectivity index (χ4n) is 2.18. The Hall–Kier alpha value is -0.710. The van der Waals surface area contributed by atoms with Gasteiger partial charge in [-0.15, -0.1) is 0 Å². The number of piperidine rings is 1. The highest BCUT2D eigenvalue weighted by Gasteiger charge is 2.22. The molecule has 1 atom stereocenters. The molecule has 0 bridgehead atoms. The van der Waals surface area contributed by atoms with Crippen molar-refractivity contribution in [3.63, 3.8) is 0 Å². The summed E-state index contributed by atoms with van der Waals surface area (Å²) in [6.07, 6.45) is 6.97. The maximum absolute atomic E-state index is 6.00. The van der Waals surface area contributed by atoms with Gasteiger partial charge in [-0.3, -0.25) is 9.88 Å². The van der Waals surface area contributed by atoms with Crippen molar-refractivity contribution in [3.05, 3.63) is 23.2 Å². The van der Waals surface area contributed by atoms with Gasteiger partial charge in [0.2, 0.25) is 0 Å². The minimum Gasteiger partial charge on any atom is -0.329 e. The van der Waals surface area contributed by atoms with E-state index in [4.69, 9.17) is 17.3 Å². The van der Waals surface area contributed by atoms with Crippen LogP contribution in [0.4, 0.5) is 0 Å². The van der Waals surface area contributed by atoms with Crippen molar-refractivity contribution in [2.45, 2.75) is 31.8 Å². The van der Waals surface area contributed by atoms with E-state index in [2.05, 4.69) is 14.9 Å².